The first-order chi connectivity index (χ1) is 14.0. The van der Waals surface area contributed by atoms with Crippen LogP contribution in [0.1, 0.15) is 45.2 Å². The Balaban J connectivity index is 1.64. The molecular weight excluding hydrogens is 362 g/mol. The lowest BCUT2D eigenvalue weighted by Gasteiger charge is -2.30. The highest BCUT2D eigenvalue weighted by Crippen LogP contribution is 2.27. The number of methoxy groups -OCH3 is 1. The zero-order valence-corrected chi connectivity index (χ0v) is 18.8. The van der Waals surface area contributed by atoms with E-state index in [0.717, 1.165) is 44.4 Å². The van der Waals surface area contributed by atoms with Crippen molar-refractivity contribution in [1.82, 2.24) is 20.4 Å². The number of ether oxygens (including phenoxy) is 1. The van der Waals surface area contributed by atoms with Crippen molar-refractivity contribution in [3.05, 3.63) is 29.8 Å². The van der Waals surface area contributed by atoms with Gasteiger partial charge >= 0.3 is 0 Å². The number of nitrogens with one attached hydrogen (secondary N) is 2. The molecule has 6 nitrogen and oxygen atoms in total. The molecule has 0 bridgehead atoms. The van der Waals surface area contributed by atoms with Gasteiger partial charge in [0.05, 0.1) is 13.2 Å². The van der Waals surface area contributed by atoms with Gasteiger partial charge in [-0.1, -0.05) is 19.1 Å². The lowest BCUT2D eigenvalue weighted by Crippen LogP contribution is -2.48. The highest BCUT2D eigenvalue weighted by molar-refractivity contribution is 5.80. The fraction of sp³-hybridized carbons (Fsp3) is 0.696. The fourth-order valence-corrected chi connectivity index (χ4v) is 4.54. The molecule has 0 amide bonds. The van der Waals surface area contributed by atoms with Gasteiger partial charge in [-0.2, -0.15) is 0 Å². The van der Waals surface area contributed by atoms with Crippen LogP contribution in [-0.4, -0.2) is 74.7 Å². The van der Waals surface area contributed by atoms with Crippen LogP contribution in [0.25, 0.3) is 0 Å². The summed E-state index contributed by atoms with van der Waals surface area (Å²) in [5.74, 6) is 2.44. The van der Waals surface area contributed by atoms with E-state index in [9.17, 15) is 0 Å². The molecule has 3 unspecified atom stereocenters. The van der Waals surface area contributed by atoms with Gasteiger partial charge in [0.25, 0.3) is 0 Å². The molecular formula is C23H39N5O. The second-order valence-electron chi connectivity index (χ2n) is 8.76. The van der Waals surface area contributed by atoms with Crippen LogP contribution in [0.4, 0.5) is 0 Å². The highest BCUT2D eigenvalue weighted by Gasteiger charge is 2.31. The van der Waals surface area contributed by atoms with Crippen LogP contribution in [0, 0.1) is 5.92 Å². The van der Waals surface area contributed by atoms with E-state index >= 15 is 0 Å². The van der Waals surface area contributed by atoms with Crippen LogP contribution < -0.4 is 15.4 Å². The lowest BCUT2D eigenvalue weighted by atomic mass is 10.0. The van der Waals surface area contributed by atoms with Crippen LogP contribution >= 0.6 is 0 Å². The Hall–Kier alpha value is -1.79. The minimum Gasteiger partial charge on any atom is -0.497 e. The molecule has 0 saturated carbocycles. The first-order valence-corrected chi connectivity index (χ1v) is 11.1. The highest BCUT2D eigenvalue weighted by atomic mass is 16.5. The van der Waals surface area contributed by atoms with Crippen molar-refractivity contribution < 1.29 is 4.74 Å². The van der Waals surface area contributed by atoms with Gasteiger partial charge in [0.1, 0.15) is 5.75 Å². The zero-order valence-electron chi connectivity index (χ0n) is 18.8. The predicted molar refractivity (Wildman–Crippen MR) is 121 cm³/mol. The maximum Gasteiger partial charge on any atom is 0.191 e. The number of benzene rings is 1. The third-order valence-corrected chi connectivity index (χ3v) is 6.44. The van der Waals surface area contributed by atoms with Crippen molar-refractivity contribution in [2.45, 2.75) is 51.7 Å². The third kappa shape index (κ3) is 5.64. The summed E-state index contributed by atoms with van der Waals surface area (Å²) in [6.07, 6.45) is 2.55. The van der Waals surface area contributed by atoms with E-state index in [-0.39, 0.29) is 0 Å². The predicted octanol–water partition coefficient (Wildman–Crippen LogP) is 2.73. The van der Waals surface area contributed by atoms with Crippen LogP contribution in [-0.2, 0) is 0 Å². The number of rotatable bonds is 7. The Bertz CT molecular complexity index is 671. The third-order valence-electron chi connectivity index (χ3n) is 6.44. The number of hydrogen-bond acceptors (Lipinski definition) is 4. The smallest absolute Gasteiger partial charge is 0.191 e. The summed E-state index contributed by atoms with van der Waals surface area (Å²) in [5, 5.41) is 7.29. The van der Waals surface area contributed by atoms with Gasteiger partial charge in [-0.25, -0.2) is 0 Å². The molecule has 2 saturated heterocycles. The van der Waals surface area contributed by atoms with E-state index in [0.29, 0.717) is 24.0 Å². The van der Waals surface area contributed by atoms with Gasteiger partial charge in [-0.3, -0.25) is 14.8 Å². The Morgan fingerprint density at radius 3 is 2.59 bits per heavy atom. The molecule has 2 N–H and O–H groups in total. The average molecular weight is 402 g/mol. The molecule has 1 aromatic rings. The van der Waals surface area contributed by atoms with Crippen molar-refractivity contribution in [2.75, 3.05) is 46.9 Å². The number of likely N-dealkylation sites (tertiary alicyclic amines) is 2. The van der Waals surface area contributed by atoms with Crippen molar-refractivity contribution in [1.29, 1.82) is 0 Å². The van der Waals surface area contributed by atoms with E-state index in [1.165, 1.54) is 18.4 Å². The van der Waals surface area contributed by atoms with E-state index in [4.69, 9.17) is 4.74 Å². The molecule has 3 atom stereocenters. The summed E-state index contributed by atoms with van der Waals surface area (Å²) < 4.78 is 5.46. The molecule has 1 aromatic carbocycles. The maximum absolute atomic E-state index is 5.46. The van der Waals surface area contributed by atoms with Crippen LogP contribution in [0.15, 0.2) is 29.3 Å². The Kier molecular flexibility index (Phi) is 7.78. The van der Waals surface area contributed by atoms with Crippen molar-refractivity contribution >= 4 is 5.96 Å². The van der Waals surface area contributed by atoms with Crippen LogP contribution in [0.5, 0.6) is 5.75 Å². The summed E-state index contributed by atoms with van der Waals surface area (Å²) >= 11 is 0. The van der Waals surface area contributed by atoms with E-state index in [1.54, 1.807) is 7.11 Å². The largest absolute Gasteiger partial charge is 0.497 e. The molecule has 29 heavy (non-hydrogen) atoms. The first-order valence-electron chi connectivity index (χ1n) is 11.1. The molecule has 2 aliphatic rings. The summed E-state index contributed by atoms with van der Waals surface area (Å²) in [5.41, 5.74) is 1.30. The fourth-order valence-electron chi connectivity index (χ4n) is 4.54. The summed E-state index contributed by atoms with van der Waals surface area (Å²) in [6, 6.07) is 9.83. The molecule has 2 fully saturated rings. The molecule has 0 aromatic heterocycles. The van der Waals surface area contributed by atoms with Gasteiger partial charge in [0.15, 0.2) is 5.96 Å². The molecule has 0 spiro atoms. The SMILES string of the molecule is CN=C(NCC(c1cccc(OC)c1)N1CCCC1)NC1CN(C(C)C)CC1C. The molecule has 162 valence electrons. The van der Waals surface area contributed by atoms with E-state index in [2.05, 4.69) is 64.4 Å². The van der Waals surface area contributed by atoms with E-state index < -0.39 is 0 Å². The molecule has 0 radical (unpaired) electrons. The normalized spacial score (nSPS) is 24.8. The summed E-state index contributed by atoms with van der Waals surface area (Å²) in [6.45, 7) is 12.2. The van der Waals surface area contributed by atoms with Gasteiger partial charge in [-0.15, -0.1) is 0 Å². The molecule has 3 rings (SSSR count). The Labute approximate surface area is 176 Å². The van der Waals surface area contributed by atoms with Crippen molar-refractivity contribution in [3.63, 3.8) is 0 Å². The second-order valence-corrected chi connectivity index (χ2v) is 8.76. The summed E-state index contributed by atoms with van der Waals surface area (Å²) in [7, 11) is 3.60. The van der Waals surface area contributed by atoms with Gasteiger partial charge in [0, 0.05) is 38.8 Å². The first kappa shape index (κ1) is 21.9. The van der Waals surface area contributed by atoms with Gasteiger partial charge in [0.2, 0.25) is 0 Å². The number of aliphatic imine (C=N–C) groups is 1. The average Bonchev–Trinajstić information content (AvgIpc) is 3.38. The maximum atomic E-state index is 5.46. The second kappa shape index (κ2) is 10.3. The van der Waals surface area contributed by atoms with Gasteiger partial charge in [-0.05, 0) is 63.4 Å². The van der Waals surface area contributed by atoms with Crippen molar-refractivity contribution in [3.8, 4) is 5.75 Å². The van der Waals surface area contributed by atoms with Gasteiger partial charge < -0.3 is 15.4 Å². The quantitative estimate of drug-likeness (QED) is 0.544. The van der Waals surface area contributed by atoms with Crippen LogP contribution in [0.2, 0.25) is 0 Å². The molecule has 2 heterocycles. The zero-order chi connectivity index (χ0) is 20.8. The number of hydrogen-bond donors (Lipinski definition) is 2. The van der Waals surface area contributed by atoms with E-state index in [1.807, 2.05) is 13.1 Å². The Morgan fingerprint density at radius 2 is 1.97 bits per heavy atom. The minimum atomic E-state index is 0.319. The Morgan fingerprint density at radius 1 is 1.21 bits per heavy atom. The minimum absolute atomic E-state index is 0.319. The molecule has 0 aliphatic carbocycles. The summed E-state index contributed by atoms with van der Waals surface area (Å²) in [4.78, 5) is 9.63. The molecule has 2 aliphatic heterocycles. The van der Waals surface area contributed by atoms with Crippen molar-refractivity contribution in [2.24, 2.45) is 10.9 Å². The number of guanidine groups is 1. The topological polar surface area (TPSA) is 52.1 Å². The number of nitrogens with zero attached hydrogens (tertiary/aromatic N) is 3. The lowest BCUT2D eigenvalue weighted by molar-refractivity contribution is 0.244. The monoisotopic (exact) mass is 401 g/mol. The van der Waals surface area contributed by atoms with Crippen LogP contribution in [0.3, 0.4) is 0 Å². The molecule has 6 heteroatoms. The standard InChI is InChI=1S/C23H39N5O/c1-17(2)28-15-18(3)21(16-28)26-23(24-4)25-14-22(27-11-6-7-12-27)19-9-8-10-20(13-19)29-5/h8-10,13,17-18,21-22H,6-7,11-12,14-16H2,1-5H3,(H2,24,25,26).